The van der Waals surface area contributed by atoms with Gasteiger partial charge in [-0.3, -0.25) is 0 Å². The van der Waals surface area contributed by atoms with Crippen LogP contribution in [0.25, 0.3) is 0 Å². The Labute approximate surface area is 90.5 Å². The SMILES string of the molecule is Cl.FC(F)(F)c1ncc2c(n1)CCNC2. The van der Waals surface area contributed by atoms with E-state index in [9.17, 15) is 13.2 Å². The Hall–Kier alpha value is -0.880. The Kier molecular flexibility index (Phi) is 3.51. The van der Waals surface area contributed by atoms with E-state index in [4.69, 9.17) is 0 Å². The summed E-state index contributed by atoms with van der Waals surface area (Å²) in [5.74, 6) is -1.04. The molecule has 0 unspecified atom stereocenters. The van der Waals surface area contributed by atoms with Gasteiger partial charge in [0.25, 0.3) is 0 Å². The summed E-state index contributed by atoms with van der Waals surface area (Å²) in [5.41, 5.74) is 1.26. The summed E-state index contributed by atoms with van der Waals surface area (Å²) in [6, 6.07) is 0. The molecule has 84 valence electrons. The van der Waals surface area contributed by atoms with E-state index in [-0.39, 0.29) is 12.4 Å². The Morgan fingerprint density at radius 3 is 2.73 bits per heavy atom. The van der Waals surface area contributed by atoms with Gasteiger partial charge < -0.3 is 5.32 Å². The number of hydrogen-bond acceptors (Lipinski definition) is 3. The van der Waals surface area contributed by atoms with E-state index in [0.29, 0.717) is 25.2 Å². The summed E-state index contributed by atoms with van der Waals surface area (Å²) in [4.78, 5) is 6.80. The third-order valence-electron chi connectivity index (χ3n) is 2.06. The maximum absolute atomic E-state index is 12.2. The van der Waals surface area contributed by atoms with Crippen LogP contribution in [0.2, 0.25) is 0 Å². The van der Waals surface area contributed by atoms with Crippen molar-refractivity contribution in [2.45, 2.75) is 19.1 Å². The highest BCUT2D eigenvalue weighted by atomic mass is 35.5. The molecule has 0 radical (unpaired) electrons. The number of halogens is 4. The monoisotopic (exact) mass is 239 g/mol. The van der Waals surface area contributed by atoms with Crippen molar-refractivity contribution in [1.82, 2.24) is 15.3 Å². The minimum atomic E-state index is -4.44. The lowest BCUT2D eigenvalue weighted by Gasteiger charge is -2.16. The number of nitrogens with zero attached hydrogens (tertiary/aromatic N) is 2. The Morgan fingerprint density at radius 1 is 1.33 bits per heavy atom. The van der Waals surface area contributed by atoms with Crippen molar-refractivity contribution in [3.8, 4) is 0 Å². The fraction of sp³-hybridized carbons (Fsp3) is 0.500. The number of alkyl halides is 3. The van der Waals surface area contributed by atoms with E-state index in [0.717, 1.165) is 5.56 Å². The molecule has 0 spiro atoms. The number of hydrogen-bond donors (Lipinski definition) is 1. The second-order valence-electron chi connectivity index (χ2n) is 3.09. The summed E-state index contributed by atoms with van der Waals surface area (Å²) in [6.07, 6.45) is -2.67. The molecule has 0 saturated carbocycles. The van der Waals surface area contributed by atoms with E-state index in [2.05, 4.69) is 15.3 Å². The van der Waals surface area contributed by atoms with Gasteiger partial charge in [-0.2, -0.15) is 13.2 Å². The van der Waals surface area contributed by atoms with Crippen LogP contribution >= 0.6 is 12.4 Å². The van der Waals surface area contributed by atoms with Crippen LogP contribution in [-0.2, 0) is 19.1 Å². The smallest absolute Gasteiger partial charge is 0.312 e. The second kappa shape index (κ2) is 4.32. The summed E-state index contributed by atoms with van der Waals surface area (Å²) in [7, 11) is 0. The average molecular weight is 240 g/mol. The molecule has 0 bridgehead atoms. The number of rotatable bonds is 0. The molecule has 0 fully saturated rings. The molecule has 7 heteroatoms. The van der Waals surface area contributed by atoms with Gasteiger partial charge in [0.05, 0.1) is 5.69 Å². The molecular weight excluding hydrogens is 231 g/mol. The first kappa shape index (κ1) is 12.2. The van der Waals surface area contributed by atoms with Crippen molar-refractivity contribution in [2.24, 2.45) is 0 Å². The summed E-state index contributed by atoms with van der Waals surface area (Å²) < 4.78 is 36.7. The molecule has 0 atom stereocenters. The first-order valence-electron chi connectivity index (χ1n) is 4.20. The van der Waals surface area contributed by atoms with Crippen LogP contribution < -0.4 is 5.32 Å². The van der Waals surface area contributed by atoms with E-state index in [1.165, 1.54) is 6.20 Å². The van der Waals surface area contributed by atoms with Gasteiger partial charge in [0.15, 0.2) is 0 Å². The summed E-state index contributed by atoms with van der Waals surface area (Å²) in [6.45, 7) is 1.22. The number of aromatic nitrogens is 2. The maximum Gasteiger partial charge on any atom is 0.451 e. The molecule has 1 aromatic heterocycles. The van der Waals surface area contributed by atoms with Crippen molar-refractivity contribution in [3.05, 3.63) is 23.3 Å². The zero-order valence-corrected chi connectivity index (χ0v) is 8.45. The highest BCUT2D eigenvalue weighted by Crippen LogP contribution is 2.26. The second-order valence-corrected chi connectivity index (χ2v) is 3.09. The minimum Gasteiger partial charge on any atom is -0.312 e. The molecule has 15 heavy (non-hydrogen) atoms. The Bertz CT molecular complexity index is 353. The van der Waals surface area contributed by atoms with Crippen LogP contribution in [0.15, 0.2) is 6.20 Å². The topological polar surface area (TPSA) is 37.8 Å². The van der Waals surface area contributed by atoms with Gasteiger partial charge in [0.2, 0.25) is 5.82 Å². The summed E-state index contributed by atoms with van der Waals surface area (Å²) >= 11 is 0. The van der Waals surface area contributed by atoms with Crippen LogP contribution in [0, 0.1) is 0 Å². The first-order valence-corrected chi connectivity index (χ1v) is 4.20. The molecule has 3 nitrogen and oxygen atoms in total. The van der Waals surface area contributed by atoms with Crippen molar-refractivity contribution < 1.29 is 13.2 Å². The third-order valence-corrected chi connectivity index (χ3v) is 2.06. The Balaban J connectivity index is 0.00000112. The quantitative estimate of drug-likeness (QED) is 0.747. The van der Waals surface area contributed by atoms with E-state index in [1.54, 1.807) is 0 Å². The van der Waals surface area contributed by atoms with Gasteiger partial charge >= 0.3 is 6.18 Å². The van der Waals surface area contributed by atoms with Gasteiger partial charge in [-0.15, -0.1) is 12.4 Å². The van der Waals surface area contributed by atoms with Crippen molar-refractivity contribution in [3.63, 3.8) is 0 Å². The van der Waals surface area contributed by atoms with Gasteiger partial charge in [0.1, 0.15) is 0 Å². The minimum absolute atomic E-state index is 0. The zero-order chi connectivity index (χ0) is 10.2. The third kappa shape index (κ3) is 2.57. The van der Waals surface area contributed by atoms with Gasteiger partial charge in [-0.05, 0) is 0 Å². The molecule has 0 aromatic carbocycles. The molecule has 0 saturated heterocycles. The molecule has 1 aromatic rings. The van der Waals surface area contributed by atoms with Crippen LogP contribution in [-0.4, -0.2) is 16.5 Å². The van der Waals surface area contributed by atoms with Crippen LogP contribution in [0.4, 0.5) is 13.2 Å². The maximum atomic E-state index is 12.2. The van der Waals surface area contributed by atoms with Crippen molar-refractivity contribution in [2.75, 3.05) is 6.54 Å². The predicted octanol–water partition coefficient (Wildman–Crippen LogP) is 1.56. The summed E-state index contributed by atoms with van der Waals surface area (Å²) in [5, 5.41) is 3.04. The van der Waals surface area contributed by atoms with Crippen LogP contribution in [0.5, 0.6) is 0 Å². The molecule has 0 amide bonds. The highest BCUT2D eigenvalue weighted by Gasteiger charge is 2.35. The van der Waals surface area contributed by atoms with Gasteiger partial charge in [0, 0.05) is 31.3 Å². The predicted molar refractivity (Wildman–Crippen MR) is 49.7 cm³/mol. The average Bonchev–Trinajstić information content (AvgIpc) is 2.16. The van der Waals surface area contributed by atoms with E-state index in [1.807, 2.05) is 0 Å². The molecule has 1 aliphatic rings. The van der Waals surface area contributed by atoms with Gasteiger partial charge in [-0.1, -0.05) is 0 Å². The number of fused-ring (bicyclic) bond motifs is 1. The fourth-order valence-corrected chi connectivity index (χ4v) is 1.37. The normalized spacial score (nSPS) is 15.4. The standard InChI is InChI=1S/C8H8F3N3.ClH/c9-8(10,11)7-13-4-5-3-12-2-1-6(5)14-7;/h4,12H,1-3H2;1H. The van der Waals surface area contributed by atoms with E-state index >= 15 is 0 Å². The van der Waals surface area contributed by atoms with Crippen molar-refractivity contribution in [1.29, 1.82) is 0 Å². The molecule has 1 aliphatic heterocycles. The van der Waals surface area contributed by atoms with E-state index < -0.39 is 12.0 Å². The Morgan fingerprint density at radius 2 is 2.07 bits per heavy atom. The molecular formula is C8H9ClF3N3. The first-order chi connectivity index (χ1) is 6.57. The molecule has 2 rings (SSSR count). The van der Waals surface area contributed by atoms with Crippen LogP contribution in [0.1, 0.15) is 17.1 Å². The van der Waals surface area contributed by atoms with Crippen molar-refractivity contribution >= 4 is 12.4 Å². The lowest BCUT2D eigenvalue weighted by molar-refractivity contribution is -0.145. The van der Waals surface area contributed by atoms with Gasteiger partial charge in [-0.25, -0.2) is 9.97 Å². The van der Waals surface area contributed by atoms with Crippen LogP contribution in [0.3, 0.4) is 0 Å². The molecule has 0 aliphatic carbocycles. The zero-order valence-electron chi connectivity index (χ0n) is 7.64. The molecule has 1 N–H and O–H groups in total. The molecule has 2 heterocycles. The highest BCUT2D eigenvalue weighted by molar-refractivity contribution is 5.85. The fourth-order valence-electron chi connectivity index (χ4n) is 1.37. The lowest BCUT2D eigenvalue weighted by atomic mass is 10.1. The number of nitrogens with one attached hydrogen (secondary N) is 1. The largest absolute Gasteiger partial charge is 0.451 e. The lowest BCUT2D eigenvalue weighted by Crippen LogP contribution is -2.26.